The lowest BCUT2D eigenvalue weighted by Gasteiger charge is -2.37. The molecule has 0 fully saturated rings. The summed E-state index contributed by atoms with van der Waals surface area (Å²) in [6, 6.07) is 21.9. The smallest absolute Gasteiger partial charge is 0.259 e. The molecular formula is C30H35N3O3. The number of pyridine rings is 1. The summed E-state index contributed by atoms with van der Waals surface area (Å²) in [7, 11) is 2.08. The summed E-state index contributed by atoms with van der Waals surface area (Å²) in [5, 5.41) is 9.88. The van der Waals surface area contributed by atoms with Crippen LogP contribution in [0.15, 0.2) is 72.9 Å². The second-order valence-electron chi connectivity index (χ2n) is 9.67. The number of amides is 1. The molecule has 1 aromatic heterocycles. The highest BCUT2D eigenvalue weighted by atomic mass is 16.5. The van der Waals surface area contributed by atoms with Crippen LogP contribution in [0.3, 0.4) is 0 Å². The quantitative estimate of drug-likeness (QED) is 0.505. The van der Waals surface area contributed by atoms with Crippen LogP contribution in [-0.4, -0.2) is 64.7 Å². The standard InChI is InChI=1S/C30H35N3O3/c1-22-18-33(23(2)21-34)30(35)27-16-26(15-14-24-10-6-4-7-11-24)17-31-29(27)36-28(22)20-32(3)19-25-12-8-5-9-13-25/h4-17,22-23,28,34H,18-21H2,1-3H3/b15-14+/t22-,23-,28-/m0/s1. The molecule has 3 atom stereocenters. The summed E-state index contributed by atoms with van der Waals surface area (Å²) in [4.78, 5) is 22.2. The highest BCUT2D eigenvalue weighted by Gasteiger charge is 2.34. The summed E-state index contributed by atoms with van der Waals surface area (Å²) >= 11 is 0. The molecule has 1 N–H and O–H groups in total. The van der Waals surface area contributed by atoms with Gasteiger partial charge in [0.25, 0.3) is 5.91 Å². The molecule has 0 radical (unpaired) electrons. The highest BCUT2D eigenvalue weighted by Crippen LogP contribution is 2.28. The number of nitrogens with zero attached hydrogens (tertiary/aromatic N) is 3. The lowest BCUT2D eigenvalue weighted by atomic mass is 9.99. The molecule has 0 saturated carbocycles. The number of aliphatic hydroxyl groups excluding tert-OH is 1. The summed E-state index contributed by atoms with van der Waals surface area (Å²) in [5.41, 5.74) is 3.54. The van der Waals surface area contributed by atoms with Gasteiger partial charge in [-0.25, -0.2) is 4.98 Å². The van der Waals surface area contributed by atoms with Crippen molar-refractivity contribution in [1.82, 2.24) is 14.8 Å². The first kappa shape index (κ1) is 25.6. The zero-order valence-corrected chi connectivity index (χ0v) is 21.2. The SMILES string of the molecule is C[C@H]1CN([C@@H](C)CO)C(=O)c2cc(/C=C/c3ccccc3)cnc2O[C@H]1CN(C)Cc1ccccc1. The van der Waals surface area contributed by atoms with E-state index in [1.54, 1.807) is 11.1 Å². The molecule has 1 aliphatic heterocycles. The minimum Gasteiger partial charge on any atom is -0.472 e. The van der Waals surface area contributed by atoms with Gasteiger partial charge in [-0.3, -0.25) is 9.69 Å². The molecule has 6 nitrogen and oxygen atoms in total. The monoisotopic (exact) mass is 485 g/mol. The van der Waals surface area contributed by atoms with Crippen LogP contribution in [-0.2, 0) is 6.54 Å². The van der Waals surface area contributed by atoms with Crippen molar-refractivity contribution in [3.05, 3.63) is 95.2 Å². The second kappa shape index (κ2) is 12.0. The van der Waals surface area contributed by atoms with Gasteiger partial charge in [0, 0.05) is 31.7 Å². The largest absolute Gasteiger partial charge is 0.472 e. The Morgan fingerprint density at radius 1 is 1.11 bits per heavy atom. The number of hydrogen-bond donors (Lipinski definition) is 1. The Bertz CT molecular complexity index is 1170. The number of fused-ring (bicyclic) bond motifs is 1. The Morgan fingerprint density at radius 2 is 1.78 bits per heavy atom. The maximum atomic E-state index is 13.6. The number of likely N-dealkylation sites (N-methyl/N-ethyl adjacent to an activating group) is 1. The lowest BCUT2D eigenvalue weighted by molar-refractivity contribution is 0.0325. The van der Waals surface area contributed by atoms with Crippen LogP contribution in [0.25, 0.3) is 12.2 Å². The van der Waals surface area contributed by atoms with Crippen LogP contribution < -0.4 is 4.74 Å². The molecule has 3 aromatic rings. The molecule has 1 amide bonds. The first-order chi connectivity index (χ1) is 17.4. The summed E-state index contributed by atoms with van der Waals surface area (Å²) in [6.45, 7) is 5.83. The normalized spacial score (nSPS) is 19.0. The average Bonchev–Trinajstić information content (AvgIpc) is 2.90. The van der Waals surface area contributed by atoms with Crippen molar-refractivity contribution in [1.29, 1.82) is 0 Å². The predicted octanol–water partition coefficient (Wildman–Crippen LogP) is 4.60. The van der Waals surface area contributed by atoms with Gasteiger partial charge in [0.05, 0.1) is 12.6 Å². The zero-order chi connectivity index (χ0) is 25.5. The summed E-state index contributed by atoms with van der Waals surface area (Å²) in [6.07, 6.45) is 5.51. The zero-order valence-electron chi connectivity index (χ0n) is 21.2. The van der Waals surface area contributed by atoms with Gasteiger partial charge in [0.1, 0.15) is 11.7 Å². The van der Waals surface area contributed by atoms with E-state index in [4.69, 9.17) is 4.74 Å². The molecule has 36 heavy (non-hydrogen) atoms. The van der Waals surface area contributed by atoms with E-state index in [1.807, 2.05) is 73.7 Å². The van der Waals surface area contributed by atoms with E-state index in [0.29, 0.717) is 24.5 Å². The van der Waals surface area contributed by atoms with Gasteiger partial charge in [-0.05, 0) is 36.7 Å². The fourth-order valence-electron chi connectivity index (χ4n) is 4.45. The molecule has 188 valence electrons. The number of hydrogen-bond acceptors (Lipinski definition) is 5. The number of carbonyl (C=O) groups is 1. The molecule has 0 aliphatic carbocycles. The number of aromatic nitrogens is 1. The second-order valence-corrected chi connectivity index (χ2v) is 9.67. The topological polar surface area (TPSA) is 65.9 Å². The first-order valence-electron chi connectivity index (χ1n) is 12.5. The summed E-state index contributed by atoms with van der Waals surface area (Å²) in [5.74, 6) is 0.224. The molecule has 2 heterocycles. The Morgan fingerprint density at radius 3 is 2.47 bits per heavy atom. The first-order valence-corrected chi connectivity index (χ1v) is 12.5. The Hall–Kier alpha value is -3.48. The van der Waals surface area contributed by atoms with Crippen molar-refractivity contribution in [2.75, 3.05) is 26.7 Å². The lowest BCUT2D eigenvalue weighted by Crippen LogP contribution is -2.49. The van der Waals surface area contributed by atoms with Crippen LogP contribution >= 0.6 is 0 Å². The predicted molar refractivity (Wildman–Crippen MR) is 144 cm³/mol. The van der Waals surface area contributed by atoms with Gasteiger partial charge in [0.15, 0.2) is 0 Å². The van der Waals surface area contributed by atoms with E-state index in [2.05, 4.69) is 36.0 Å². The number of aliphatic hydroxyl groups is 1. The van der Waals surface area contributed by atoms with E-state index < -0.39 is 0 Å². The average molecular weight is 486 g/mol. The third kappa shape index (κ3) is 6.39. The van der Waals surface area contributed by atoms with Gasteiger partial charge < -0.3 is 14.7 Å². The maximum Gasteiger partial charge on any atom is 0.259 e. The molecule has 0 bridgehead atoms. The fraction of sp³-hybridized carbons (Fsp3) is 0.333. The molecule has 6 heteroatoms. The van der Waals surface area contributed by atoms with Gasteiger partial charge in [-0.15, -0.1) is 0 Å². The minimum absolute atomic E-state index is 0.0498. The molecule has 2 aromatic carbocycles. The van der Waals surface area contributed by atoms with Crippen LogP contribution in [0.4, 0.5) is 0 Å². The Labute approximate surface area is 213 Å². The molecular weight excluding hydrogens is 450 g/mol. The van der Waals surface area contributed by atoms with Crippen LogP contribution in [0.2, 0.25) is 0 Å². The van der Waals surface area contributed by atoms with Crippen molar-refractivity contribution in [3.63, 3.8) is 0 Å². The van der Waals surface area contributed by atoms with Crippen LogP contribution in [0, 0.1) is 5.92 Å². The van der Waals surface area contributed by atoms with Crippen molar-refractivity contribution in [2.24, 2.45) is 5.92 Å². The Kier molecular flexibility index (Phi) is 8.52. The third-order valence-corrected chi connectivity index (χ3v) is 6.60. The summed E-state index contributed by atoms with van der Waals surface area (Å²) < 4.78 is 6.42. The van der Waals surface area contributed by atoms with Gasteiger partial charge in [-0.2, -0.15) is 0 Å². The van der Waals surface area contributed by atoms with Crippen molar-refractivity contribution >= 4 is 18.1 Å². The van der Waals surface area contributed by atoms with Crippen LogP contribution in [0.1, 0.15) is 40.9 Å². The molecule has 0 unspecified atom stereocenters. The minimum atomic E-state index is -0.308. The van der Waals surface area contributed by atoms with Gasteiger partial charge in [0.2, 0.25) is 5.88 Å². The van der Waals surface area contributed by atoms with Crippen molar-refractivity contribution in [2.45, 2.75) is 32.5 Å². The van der Waals surface area contributed by atoms with Crippen LogP contribution in [0.5, 0.6) is 5.88 Å². The number of rotatable bonds is 8. The number of ether oxygens (including phenoxy) is 1. The van der Waals surface area contributed by atoms with Gasteiger partial charge >= 0.3 is 0 Å². The van der Waals surface area contributed by atoms with Gasteiger partial charge in [-0.1, -0.05) is 79.7 Å². The maximum absolute atomic E-state index is 13.6. The third-order valence-electron chi connectivity index (χ3n) is 6.60. The fourth-order valence-corrected chi connectivity index (χ4v) is 4.45. The van der Waals surface area contributed by atoms with E-state index in [9.17, 15) is 9.90 Å². The molecule has 4 rings (SSSR count). The molecule has 1 aliphatic rings. The molecule has 0 saturated heterocycles. The molecule has 0 spiro atoms. The van der Waals surface area contributed by atoms with E-state index in [-0.39, 0.29) is 30.6 Å². The van der Waals surface area contributed by atoms with E-state index in [0.717, 1.165) is 17.7 Å². The van der Waals surface area contributed by atoms with Crippen molar-refractivity contribution < 1.29 is 14.6 Å². The number of carbonyl (C=O) groups excluding carboxylic acids is 1. The number of benzene rings is 2. The Balaban J connectivity index is 1.61. The van der Waals surface area contributed by atoms with E-state index in [1.165, 1.54) is 5.56 Å². The highest BCUT2D eigenvalue weighted by molar-refractivity contribution is 5.97. The van der Waals surface area contributed by atoms with Crippen molar-refractivity contribution in [3.8, 4) is 5.88 Å². The van der Waals surface area contributed by atoms with E-state index >= 15 is 0 Å².